The number of fused-ring (bicyclic) bond motifs is 1. The summed E-state index contributed by atoms with van der Waals surface area (Å²) in [4.78, 5) is 22.3. The van der Waals surface area contributed by atoms with Crippen LogP contribution in [0.5, 0.6) is 0 Å². The van der Waals surface area contributed by atoms with E-state index in [4.69, 9.17) is 4.99 Å². The minimum absolute atomic E-state index is 0.0372. The molecule has 1 aliphatic carbocycles. The van der Waals surface area contributed by atoms with Gasteiger partial charge in [-0.25, -0.2) is 4.98 Å². The molecule has 1 aliphatic rings. The minimum Gasteiger partial charge on any atom is -0.268 e. The van der Waals surface area contributed by atoms with Crippen LogP contribution in [-0.2, 0) is 0 Å². The number of benzene rings is 1. The standard InChI is InChI=1S/C20H21N3OS/c1-14-9-10-23(19(11-14)22-16-5-3-2-4-6-16)20(24)15-7-8-17-18(12-15)25-13-21-17/h7-13,16H,2-6H2,1H3. The van der Waals surface area contributed by atoms with Crippen LogP contribution in [0.1, 0.15) is 48.0 Å². The van der Waals surface area contributed by atoms with E-state index in [-0.39, 0.29) is 5.91 Å². The molecule has 0 saturated heterocycles. The quantitative estimate of drug-likeness (QED) is 0.690. The molecule has 4 nitrogen and oxygen atoms in total. The van der Waals surface area contributed by atoms with Crippen LogP contribution in [-0.4, -0.2) is 21.5 Å². The number of carbonyl (C=O) groups is 1. The van der Waals surface area contributed by atoms with E-state index >= 15 is 0 Å². The maximum absolute atomic E-state index is 13.1. The van der Waals surface area contributed by atoms with Gasteiger partial charge in [-0.15, -0.1) is 11.3 Å². The number of thiazole rings is 1. The van der Waals surface area contributed by atoms with Crippen molar-refractivity contribution in [1.29, 1.82) is 0 Å². The summed E-state index contributed by atoms with van der Waals surface area (Å²) in [5, 5.41) is 0. The van der Waals surface area contributed by atoms with E-state index in [1.807, 2.05) is 49.0 Å². The summed E-state index contributed by atoms with van der Waals surface area (Å²) in [6.07, 6.45) is 7.85. The van der Waals surface area contributed by atoms with E-state index in [1.54, 1.807) is 15.9 Å². The van der Waals surface area contributed by atoms with Crippen LogP contribution in [0.4, 0.5) is 0 Å². The fourth-order valence-corrected chi connectivity index (χ4v) is 4.10. The van der Waals surface area contributed by atoms with E-state index in [1.165, 1.54) is 19.3 Å². The highest BCUT2D eigenvalue weighted by Gasteiger charge is 2.14. The Morgan fingerprint density at radius 3 is 2.88 bits per heavy atom. The number of aryl methyl sites for hydroxylation is 1. The Labute approximate surface area is 150 Å². The molecule has 0 N–H and O–H groups in total. The molecule has 0 aliphatic heterocycles. The fraction of sp³-hybridized carbons (Fsp3) is 0.350. The average Bonchev–Trinajstić information content (AvgIpc) is 3.10. The van der Waals surface area contributed by atoms with Crippen LogP contribution in [0.15, 0.2) is 47.0 Å². The number of rotatable bonds is 2. The Hall–Kier alpha value is -2.27. The molecular weight excluding hydrogens is 330 g/mol. The predicted molar refractivity (Wildman–Crippen MR) is 101 cm³/mol. The highest BCUT2D eigenvalue weighted by atomic mass is 32.1. The molecule has 1 aromatic carbocycles. The Morgan fingerprint density at radius 2 is 2.04 bits per heavy atom. The van der Waals surface area contributed by atoms with E-state index < -0.39 is 0 Å². The van der Waals surface area contributed by atoms with Crippen LogP contribution in [0, 0.1) is 6.92 Å². The smallest absolute Gasteiger partial charge is 0.263 e. The molecule has 128 valence electrons. The van der Waals surface area contributed by atoms with E-state index in [2.05, 4.69) is 4.98 Å². The molecule has 5 heteroatoms. The predicted octanol–water partition coefficient (Wildman–Crippen LogP) is 4.33. The maximum Gasteiger partial charge on any atom is 0.263 e. The van der Waals surface area contributed by atoms with Crippen molar-refractivity contribution in [3.63, 3.8) is 0 Å². The summed E-state index contributed by atoms with van der Waals surface area (Å²) >= 11 is 1.55. The molecule has 0 amide bonds. The lowest BCUT2D eigenvalue weighted by molar-refractivity contribution is 0.0954. The highest BCUT2D eigenvalue weighted by molar-refractivity contribution is 7.16. The first-order chi connectivity index (χ1) is 12.2. The second-order valence-corrected chi connectivity index (χ2v) is 7.58. The number of pyridine rings is 1. The first-order valence-electron chi connectivity index (χ1n) is 8.82. The monoisotopic (exact) mass is 351 g/mol. The zero-order valence-electron chi connectivity index (χ0n) is 14.3. The maximum atomic E-state index is 13.1. The van der Waals surface area contributed by atoms with Crippen molar-refractivity contribution in [2.75, 3.05) is 0 Å². The van der Waals surface area contributed by atoms with Crippen LogP contribution in [0.25, 0.3) is 10.2 Å². The largest absolute Gasteiger partial charge is 0.268 e. The molecule has 0 unspecified atom stereocenters. The van der Waals surface area contributed by atoms with E-state index in [9.17, 15) is 4.79 Å². The lowest BCUT2D eigenvalue weighted by atomic mass is 9.96. The SMILES string of the molecule is Cc1ccn(C(=O)c2ccc3ncsc3c2)c(=NC2CCCCC2)c1. The number of carbonyl (C=O) groups excluding carboxylic acids is 1. The summed E-state index contributed by atoms with van der Waals surface area (Å²) in [7, 11) is 0. The van der Waals surface area contributed by atoms with Crippen molar-refractivity contribution in [3.05, 3.63) is 58.7 Å². The van der Waals surface area contributed by atoms with Crippen LogP contribution >= 0.6 is 11.3 Å². The first kappa shape index (κ1) is 16.2. The van der Waals surface area contributed by atoms with Gasteiger partial charge in [-0.3, -0.25) is 14.4 Å². The number of hydrogen-bond acceptors (Lipinski definition) is 4. The fourth-order valence-electron chi connectivity index (χ4n) is 3.39. The van der Waals surface area contributed by atoms with E-state index in [0.29, 0.717) is 11.6 Å². The topological polar surface area (TPSA) is 47.2 Å². The lowest BCUT2D eigenvalue weighted by Crippen LogP contribution is -2.29. The van der Waals surface area contributed by atoms with Gasteiger partial charge >= 0.3 is 0 Å². The van der Waals surface area contributed by atoms with Gasteiger partial charge in [0.15, 0.2) is 0 Å². The number of aromatic nitrogens is 2. The zero-order valence-corrected chi connectivity index (χ0v) is 15.1. The third-order valence-corrected chi connectivity index (χ3v) is 5.57. The van der Waals surface area contributed by atoms with Gasteiger partial charge in [-0.2, -0.15) is 0 Å². The van der Waals surface area contributed by atoms with Crippen molar-refractivity contribution in [2.24, 2.45) is 4.99 Å². The van der Waals surface area contributed by atoms with Gasteiger partial charge in [0.05, 0.1) is 21.8 Å². The summed E-state index contributed by atoms with van der Waals surface area (Å²) in [5.74, 6) is -0.0372. The van der Waals surface area contributed by atoms with Crippen molar-refractivity contribution in [2.45, 2.75) is 45.1 Å². The summed E-state index contributed by atoms with van der Waals surface area (Å²) < 4.78 is 2.72. The van der Waals surface area contributed by atoms with Crippen molar-refractivity contribution in [1.82, 2.24) is 9.55 Å². The normalized spacial score (nSPS) is 16.4. The van der Waals surface area contributed by atoms with Crippen LogP contribution < -0.4 is 5.49 Å². The summed E-state index contributed by atoms with van der Waals surface area (Å²) in [6.45, 7) is 2.04. The van der Waals surface area contributed by atoms with Gasteiger partial charge in [-0.1, -0.05) is 19.3 Å². The molecule has 0 atom stereocenters. The molecule has 1 saturated carbocycles. The molecule has 0 bridgehead atoms. The Balaban J connectivity index is 1.75. The third-order valence-electron chi connectivity index (χ3n) is 4.78. The van der Waals surface area contributed by atoms with Gasteiger partial charge in [0.1, 0.15) is 5.49 Å². The van der Waals surface area contributed by atoms with Gasteiger partial charge in [-0.05, 0) is 55.7 Å². The molecule has 25 heavy (non-hydrogen) atoms. The second-order valence-electron chi connectivity index (χ2n) is 6.69. The van der Waals surface area contributed by atoms with Gasteiger partial charge < -0.3 is 0 Å². The van der Waals surface area contributed by atoms with E-state index in [0.717, 1.165) is 34.1 Å². The zero-order chi connectivity index (χ0) is 17.2. The molecule has 2 heterocycles. The second kappa shape index (κ2) is 6.92. The third kappa shape index (κ3) is 3.42. The average molecular weight is 351 g/mol. The molecule has 3 aromatic rings. The molecular formula is C20H21N3OS. The van der Waals surface area contributed by atoms with Crippen LogP contribution in [0.3, 0.4) is 0 Å². The number of nitrogens with zero attached hydrogens (tertiary/aromatic N) is 3. The van der Waals surface area contributed by atoms with Crippen molar-refractivity contribution in [3.8, 4) is 0 Å². The van der Waals surface area contributed by atoms with Gasteiger partial charge in [0.2, 0.25) is 0 Å². The molecule has 0 spiro atoms. The molecule has 2 aromatic heterocycles. The minimum atomic E-state index is -0.0372. The molecule has 0 radical (unpaired) electrons. The summed E-state index contributed by atoms with van der Waals surface area (Å²) in [6, 6.07) is 9.99. The Bertz CT molecular complexity index is 980. The highest BCUT2D eigenvalue weighted by Crippen LogP contribution is 2.21. The number of hydrogen-bond donors (Lipinski definition) is 0. The Kier molecular flexibility index (Phi) is 4.49. The molecule has 4 rings (SSSR count). The first-order valence-corrected chi connectivity index (χ1v) is 9.70. The van der Waals surface area contributed by atoms with Gasteiger partial charge in [0, 0.05) is 11.8 Å². The Morgan fingerprint density at radius 1 is 1.20 bits per heavy atom. The molecule has 1 fully saturated rings. The van der Waals surface area contributed by atoms with Crippen LogP contribution in [0.2, 0.25) is 0 Å². The van der Waals surface area contributed by atoms with Gasteiger partial charge in [0.25, 0.3) is 5.91 Å². The summed E-state index contributed by atoms with van der Waals surface area (Å²) in [5.41, 5.74) is 5.30. The lowest BCUT2D eigenvalue weighted by Gasteiger charge is -2.18. The van der Waals surface area contributed by atoms with Crippen molar-refractivity contribution >= 4 is 27.5 Å². The van der Waals surface area contributed by atoms with Crippen molar-refractivity contribution < 1.29 is 4.79 Å².